The van der Waals surface area contributed by atoms with Crippen LogP contribution in [0.3, 0.4) is 0 Å². The summed E-state index contributed by atoms with van der Waals surface area (Å²) in [5.41, 5.74) is 1.94. The Morgan fingerprint density at radius 2 is 2.09 bits per heavy atom. The second kappa shape index (κ2) is 5.96. The molecule has 0 spiro atoms. The van der Waals surface area contributed by atoms with E-state index < -0.39 is 0 Å². The lowest BCUT2D eigenvalue weighted by Crippen LogP contribution is -2.21. The maximum atomic E-state index is 13.8. The first kappa shape index (κ1) is 14.1. The van der Waals surface area contributed by atoms with E-state index in [2.05, 4.69) is 15.5 Å². The van der Waals surface area contributed by atoms with Gasteiger partial charge in [-0.1, -0.05) is 23.9 Å². The second-order valence-corrected chi connectivity index (χ2v) is 6.87. The molecule has 1 unspecified atom stereocenters. The smallest absolute Gasteiger partial charge is 0.210 e. The Morgan fingerprint density at radius 1 is 1.23 bits per heavy atom. The predicted molar refractivity (Wildman–Crippen MR) is 80.2 cm³/mol. The molecule has 0 radical (unpaired) electrons. The van der Waals surface area contributed by atoms with Crippen molar-refractivity contribution in [2.45, 2.75) is 42.1 Å². The molecule has 2 aromatic rings. The summed E-state index contributed by atoms with van der Waals surface area (Å²) in [5.74, 6) is -0.0929. The first-order chi connectivity index (χ1) is 10.8. The molecule has 1 aromatic heterocycles. The van der Waals surface area contributed by atoms with Gasteiger partial charge in [0.2, 0.25) is 5.16 Å². The average molecular weight is 320 g/mol. The number of benzene rings is 1. The number of hydrogen-bond donors (Lipinski definition) is 0. The van der Waals surface area contributed by atoms with Gasteiger partial charge >= 0.3 is 0 Å². The lowest BCUT2D eigenvalue weighted by molar-refractivity contribution is 0.0631. The fourth-order valence-corrected chi connectivity index (χ4v) is 4.46. The summed E-state index contributed by atoms with van der Waals surface area (Å²) in [6, 6.07) is 5.65. The summed E-state index contributed by atoms with van der Waals surface area (Å²) >= 11 is 1.65. The van der Waals surface area contributed by atoms with Gasteiger partial charge in [0.1, 0.15) is 5.82 Å². The maximum Gasteiger partial charge on any atom is 0.210 e. The SMILES string of the molecule is Fc1cccc2c1CCC2Sc1nnnn1C1CCOCC1. The minimum absolute atomic E-state index is 0.0929. The Balaban J connectivity index is 1.56. The zero-order valence-electron chi connectivity index (χ0n) is 12.1. The minimum Gasteiger partial charge on any atom is -0.381 e. The summed E-state index contributed by atoms with van der Waals surface area (Å²) < 4.78 is 21.2. The Bertz CT molecular complexity index is 671. The summed E-state index contributed by atoms with van der Waals surface area (Å²) in [6.07, 6.45) is 3.60. The van der Waals surface area contributed by atoms with Gasteiger partial charge in [-0.3, -0.25) is 0 Å². The van der Waals surface area contributed by atoms with E-state index in [-0.39, 0.29) is 11.1 Å². The normalized spacial score (nSPS) is 22.0. The van der Waals surface area contributed by atoms with E-state index in [1.165, 1.54) is 6.07 Å². The summed E-state index contributed by atoms with van der Waals surface area (Å²) in [4.78, 5) is 0. The van der Waals surface area contributed by atoms with Crippen LogP contribution in [0.2, 0.25) is 0 Å². The monoisotopic (exact) mass is 320 g/mol. The molecular weight excluding hydrogens is 303 g/mol. The van der Waals surface area contributed by atoms with Crippen molar-refractivity contribution >= 4 is 11.8 Å². The number of thioether (sulfide) groups is 1. The van der Waals surface area contributed by atoms with Gasteiger partial charge in [0.05, 0.1) is 6.04 Å². The van der Waals surface area contributed by atoms with Crippen LogP contribution in [0, 0.1) is 5.82 Å². The van der Waals surface area contributed by atoms with Crippen LogP contribution < -0.4 is 0 Å². The number of tetrazole rings is 1. The maximum absolute atomic E-state index is 13.8. The Hall–Kier alpha value is -1.47. The van der Waals surface area contributed by atoms with E-state index in [1.807, 2.05) is 10.7 Å². The molecule has 0 bridgehead atoms. The van der Waals surface area contributed by atoms with E-state index in [0.717, 1.165) is 55.2 Å². The van der Waals surface area contributed by atoms with Crippen molar-refractivity contribution in [1.82, 2.24) is 20.2 Å². The Morgan fingerprint density at radius 3 is 2.95 bits per heavy atom. The summed E-state index contributed by atoms with van der Waals surface area (Å²) in [5, 5.41) is 13.2. The van der Waals surface area contributed by atoms with Gasteiger partial charge < -0.3 is 4.74 Å². The van der Waals surface area contributed by atoms with Crippen LogP contribution in [-0.2, 0) is 11.2 Å². The van der Waals surface area contributed by atoms with Gasteiger partial charge in [-0.25, -0.2) is 9.07 Å². The van der Waals surface area contributed by atoms with Crippen molar-refractivity contribution in [1.29, 1.82) is 0 Å². The number of halogens is 1. The van der Waals surface area contributed by atoms with E-state index in [1.54, 1.807) is 17.8 Å². The van der Waals surface area contributed by atoms with Crippen molar-refractivity contribution in [2.24, 2.45) is 0 Å². The topological polar surface area (TPSA) is 52.8 Å². The van der Waals surface area contributed by atoms with E-state index in [4.69, 9.17) is 4.74 Å². The molecule has 1 aliphatic carbocycles. The molecule has 0 N–H and O–H groups in total. The van der Waals surface area contributed by atoms with Crippen molar-refractivity contribution in [3.8, 4) is 0 Å². The molecule has 22 heavy (non-hydrogen) atoms. The highest BCUT2D eigenvalue weighted by Gasteiger charge is 2.29. The highest BCUT2D eigenvalue weighted by atomic mass is 32.2. The van der Waals surface area contributed by atoms with Crippen LogP contribution in [-0.4, -0.2) is 33.4 Å². The molecule has 0 saturated carbocycles. The first-order valence-corrected chi connectivity index (χ1v) is 8.50. The van der Waals surface area contributed by atoms with Gasteiger partial charge in [-0.2, -0.15) is 0 Å². The molecule has 1 aromatic carbocycles. The molecule has 1 saturated heterocycles. The second-order valence-electron chi connectivity index (χ2n) is 5.70. The molecule has 4 rings (SSSR count). The molecule has 1 aliphatic heterocycles. The third-order valence-electron chi connectivity index (χ3n) is 4.41. The average Bonchev–Trinajstić information content (AvgIpc) is 3.17. The highest BCUT2D eigenvalue weighted by molar-refractivity contribution is 7.99. The third-order valence-corrected chi connectivity index (χ3v) is 5.66. The fraction of sp³-hybridized carbons (Fsp3) is 0.533. The van der Waals surface area contributed by atoms with E-state index >= 15 is 0 Å². The van der Waals surface area contributed by atoms with Gasteiger partial charge in [0.15, 0.2) is 0 Å². The Kier molecular flexibility index (Phi) is 3.83. The van der Waals surface area contributed by atoms with Gasteiger partial charge in [-0.15, -0.1) is 5.10 Å². The van der Waals surface area contributed by atoms with Gasteiger partial charge in [0.25, 0.3) is 0 Å². The van der Waals surface area contributed by atoms with Crippen molar-refractivity contribution in [3.63, 3.8) is 0 Å². The highest BCUT2D eigenvalue weighted by Crippen LogP contribution is 2.45. The van der Waals surface area contributed by atoms with Crippen LogP contribution >= 0.6 is 11.8 Å². The largest absolute Gasteiger partial charge is 0.381 e. The van der Waals surface area contributed by atoms with Crippen LogP contribution in [0.5, 0.6) is 0 Å². The number of rotatable bonds is 3. The number of ether oxygens (including phenoxy) is 1. The standard InChI is InChI=1S/C15H17FN4OS/c16-13-3-1-2-12-11(13)4-5-14(12)22-15-17-18-19-20(15)10-6-8-21-9-7-10/h1-3,10,14H,4-9H2. The zero-order valence-corrected chi connectivity index (χ0v) is 12.9. The molecule has 7 heteroatoms. The lowest BCUT2D eigenvalue weighted by atomic mass is 10.1. The summed E-state index contributed by atoms with van der Waals surface area (Å²) in [7, 11) is 0. The van der Waals surface area contributed by atoms with E-state index in [0.29, 0.717) is 6.04 Å². The molecule has 116 valence electrons. The molecule has 2 aliphatic rings. The lowest BCUT2D eigenvalue weighted by Gasteiger charge is -2.23. The molecule has 1 atom stereocenters. The fourth-order valence-electron chi connectivity index (χ4n) is 3.24. The van der Waals surface area contributed by atoms with E-state index in [9.17, 15) is 4.39 Å². The van der Waals surface area contributed by atoms with Crippen LogP contribution in [0.15, 0.2) is 23.4 Å². The number of hydrogen-bond acceptors (Lipinski definition) is 5. The van der Waals surface area contributed by atoms with Crippen molar-refractivity contribution in [2.75, 3.05) is 13.2 Å². The minimum atomic E-state index is -0.0929. The first-order valence-electron chi connectivity index (χ1n) is 7.62. The van der Waals surface area contributed by atoms with Crippen LogP contribution in [0.4, 0.5) is 4.39 Å². The molecule has 5 nitrogen and oxygen atoms in total. The molecule has 0 amide bonds. The van der Waals surface area contributed by atoms with Crippen molar-refractivity contribution in [3.05, 3.63) is 35.1 Å². The van der Waals surface area contributed by atoms with Gasteiger partial charge in [0, 0.05) is 18.5 Å². The summed E-state index contributed by atoms with van der Waals surface area (Å²) in [6.45, 7) is 1.51. The predicted octanol–water partition coefficient (Wildman–Crippen LogP) is 2.94. The van der Waals surface area contributed by atoms with Gasteiger partial charge in [-0.05, 0) is 53.3 Å². The number of fused-ring (bicyclic) bond motifs is 1. The van der Waals surface area contributed by atoms with Crippen LogP contribution in [0.25, 0.3) is 0 Å². The third kappa shape index (κ3) is 2.52. The zero-order chi connectivity index (χ0) is 14.9. The molecular formula is C15H17FN4OS. The van der Waals surface area contributed by atoms with Crippen molar-refractivity contribution < 1.29 is 9.13 Å². The quantitative estimate of drug-likeness (QED) is 0.870. The number of aromatic nitrogens is 4. The Labute approximate surface area is 132 Å². The van der Waals surface area contributed by atoms with Crippen LogP contribution in [0.1, 0.15) is 41.7 Å². The molecule has 2 heterocycles. The number of nitrogens with zero attached hydrogens (tertiary/aromatic N) is 4. The molecule has 1 fully saturated rings.